The monoisotopic (exact) mass is 289 g/mol. The summed E-state index contributed by atoms with van der Waals surface area (Å²) < 4.78 is 12.9. The lowest BCUT2D eigenvalue weighted by Gasteiger charge is -2.08. The number of halogens is 2. The summed E-state index contributed by atoms with van der Waals surface area (Å²) >= 11 is 5.80. The summed E-state index contributed by atoms with van der Waals surface area (Å²) in [5, 5.41) is 11.5. The highest BCUT2D eigenvalue weighted by Crippen LogP contribution is 2.22. The molecule has 3 N–H and O–H groups in total. The fraction of sp³-hybridized carbons (Fsp3) is 0. The topological polar surface area (TPSA) is 78.9 Å². The molecule has 20 heavy (non-hydrogen) atoms. The lowest BCUT2D eigenvalue weighted by Crippen LogP contribution is -2.13. The van der Waals surface area contributed by atoms with Crippen LogP contribution in [-0.4, -0.2) is 5.91 Å². The van der Waals surface area contributed by atoms with Gasteiger partial charge < -0.3 is 11.1 Å². The second-order valence-electron chi connectivity index (χ2n) is 4.00. The van der Waals surface area contributed by atoms with Crippen LogP contribution in [0.3, 0.4) is 0 Å². The number of nitrogens with one attached hydrogen (secondary N) is 1. The maximum Gasteiger partial charge on any atom is 0.257 e. The molecule has 2 aromatic rings. The average Bonchev–Trinajstić information content (AvgIpc) is 2.40. The van der Waals surface area contributed by atoms with Gasteiger partial charge in [0.25, 0.3) is 5.91 Å². The number of hydrogen-bond acceptors (Lipinski definition) is 3. The minimum atomic E-state index is -0.531. The standard InChI is InChI=1S/C14H9ClFN3O/c15-12-6-9(16)1-3-11(12)14(20)19-13-4-2-10(18)5-8(13)7-17/h1-6H,18H2,(H,19,20). The van der Waals surface area contributed by atoms with Gasteiger partial charge in [-0.1, -0.05) is 11.6 Å². The first-order valence-corrected chi connectivity index (χ1v) is 5.95. The number of carbonyl (C=O) groups excluding carboxylic acids is 1. The molecule has 0 heterocycles. The predicted octanol–water partition coefficient (Wildman–Crippen LogP) is 3.19. The highest BCUT2D eigenvalue weighted by Gasteiger charge is 2.13. The number of carbonyl (C=O) groups is 1. The molecule has 0 atom stereocenters. The van der Waals surface area contributed by atoms with Gasteiger partial charge in [0.15, 0.2) is 0 Å². The second-order valence-corrected chi connectivity index (χ2v) is 4.40. The van der Waals surface area contributed by atoms with Crippen molar-refractivity contribution in [3.05, 3.63) is 58.4 Å². The fourth-order valence-corrected chi connectivity index (χ4v) is 1.88. The number of nitriles is 1. The third-order valence-electron chi connectivity index (χ3n) is 2.59. The van der Waals surface area contributed by atoms with Gasteiger partial charge >= 0.3 is 0 Å². The van der Waals surface area contributed by atoms with Crippen LogP contribution in [-0.2, 0) is 0 Å². The van der Waals surface area contributed by atoms with Crippen LogP contribution in [0.1, 0.15) is 15.9 Å². The number of anilines is 2. The molecule has 2 rings (SSSR count). The van der Waals surface area contributed by atoms with Crippen LogP contribution < -0.4 is 11.1 Å². The van der Waals surface area contributed by atoms with Crippen LogP contribution >= 0.6 is 11.6 Å². The van der Waals surface area contributed by atoms with E-state index in [1.165, 1.54) is 18.2 Å². The Hall–Kier alpha value is -2.58. The summed E-state index contributed by atoms with van der Waals surface area (Å²) in [7, 11) is 0. The van der Waals surface area contributed by atoms with Crippen molar-refractivity contribution in [2.45, 2.75) is 0 Å². The predicted molar refractivity (Wildman–Crippen MR) is 74.9 cm³/mol. The zero-order valence-electron chi connectivity index (χ0n) is 10.2. The number of rotatable bonds is 2. The molecule has 2 aromatic carbocycles. The van der Waals surface area contributed by atoms with Gasteiger partial charge in [0.2, 0.25) is 0 Å². The Balaban J connectivity index is 2.31. The van der Waals surface area contributed by atoms with Crippen LogP contribution in [0.5, 0.6) is 0 Å². The third-order valence-corrected chi connectivity index (χ3v) is 2.90. The van der Waals surface area contributed by atoms with Crippen molar-refractivity contribution in [1.29, 1.82) is 5.26 Å². The normalized spacial score (nSPS) is 9.85. The molecule has 0 aliphatic rings. The molecule has 0 fully saturated rings. The Labute approximate surface area is 119 Å². The van der Waals surface area contributed by atoms with Gasteiger partial charge in [0.1, 0.15) is 11.9 Å². The van der Waals surface area contributed by atoms with E-state index < -0.39 is 11.7 Å². The SMILES string of the molecule is N#Cc1cc(N)ccc1NC(=O)c1ccc(F)cc1Cl. The van der Waals surface area contributed by atoms with E-state index in [0.29, 0.717) is 11.4 Å². The molecule has 6 heteroatoms. The molecule has 0 aliphatic heterocycles. The van der Waals surface area contributed by atoms with Gasteiger partial charge in [-0.25, -0.2) is 4.39 Å². The molecule has 0 saturated carbocycles. The summed E-state index contributed by atoms with van der Waals surface area (Å²) in [4.78, 5) is 12.0. The summed E-state index contributed by atoms with van der Waals surface area (Å²) in [6.07, 6.45) is 0. The fourth-order valence-electron chi connectivity index (χ4n) is 1.63. The molecule has 100 valence electrons. The lowest BCUT2D eigenvalue weighted by molar-refractivity contribution is 0.102. The van der Waals surface area contributed by atoms with Crippen molar-refractivity contribution < 1.29 is 9.18 Å². The quantitative estimate of drug-likeness (QED) is 0.833. The number of hydrogen-bond donors (Lipinski definition) is 2. The number of amides is 1. The van der Waals surface area contributed by atoms with Gasteiger partial charge in [-0.2, -0.15) is 5.26 Å². The van der Waals surface area contributed by atoms with Crippen molar-refractivity contribution in [2.75, 3.05) is 11.1 Å². The first kappa shape index (κ1) is 13.8. The summed E-state index contributed by atoms with van der Waals surface area (Å²) in [6.45, 7) is 0. The van der Waals surface area contributed by atoms with Gasteiger partial charge in [-0.15, -0.1) is 0 Å². The van der Waals surface area contributed by atoms with Crippen molar-refractivity contribution in [3.63, 3.8) is 0 Å². The maximum absolute atomic E-state index is 12.9. The Morgan fingerprint density at radius 3 is 2.70 bits per heavy atom. The van der Waals surface area contributed by atoms with Crippen molar-refractivity contribution in [2.24, 2.45) is 0 Å². The molecular formula is C14H9ClFN3O. The van der Waals surface area contributed by atoms with E-state index >= 15 is 0 Å². The molecular weight excluding hydrogens is 281 g/mol. The molecule has 0 unspecified atom stereocenters. The van der Waals surface area contributed by atoms with Gasteiger partial charge in [0.05, 0.1) is 21.8 Å². The van der Waals surface area contributed by atoms with E-state index in [1.54, 1.807) is 6.07 Å². The summed E-state index contributed by atoms with van der Waals surface area (Å²) in [5.74, 6) is -1.06. The highest BCUT2D eigenvalue weighted by molar-refractivity contribution is 6.34. The molecule has 1 amide bonds. The van der Waals surface area contributed by atoms with Gasteiger partial charge in [-0.05, 0) is 36.4 Å². The van der Waals surface area contributed by atoms with E-state index in [2.05, 4.69) is 5.32 Å². The first-order valence-electron chi connectivity index (χ1n) is 5.57. The minimum absolute atomic E-state index is 0.00328. The zero-order chi connectivity index (χ0) is 14.7. The number of nitrogen functional groups attached to an aromatic ring is 1. The van der Waals surface area contributed by atoms with E-state index in [9.17, 15) is 9.18 Å². The average molecular weight is 290 g/mol. The van der Waals surface area contributed by atoms with Crippen LogP contribution in [0.2, 0.25) is 5.02 Å². The Morgan fingerprint density at radius 2 is 2.05 bits per heavy atom. The maximum atomic E-state index is 12.9. The zero-order valence-corrected chi connectivity index (χ0v) is 10.9. The molecule has 0 aromatic heterocycles. The van der Waals surface area contributed by atoms with Crippen LogP contribution in [0.25, 0.3) is 0 Å². The van der Waals surface area contributed by atoms with Crippen LogP contribution in [0, 0.1) is 17.1 Å². The van der Waals surface area contributed by atoms with Crippen LogP contribution in [0.4, 0.5) is 15.8 Å². The summed E-state index contributed by atoms with van der Waals surface area (Å²) in [5.41, 5.74) is 6.64. The van der Waals surface area contributed by atoms with Gasteiger partial charge in [-0.3, -0.25) is 4.79 Å². The van der Waals surface area contributed by atoms with E-state index in [-0.39, 0.29) is 16.1 Å². The van der Waals surface area contributed by atoms with E-state index in [4.69, 9.17) is 22.6 Å². The Kier molecular flexibility index (Phi) is 3.87. The van der Waals surface area contributed by atoms with E-state index in [0.717, 1.165) is 12.1 Å². The first-order chi connectivity index (χ1) is 9.51. The van der Waals surface area contributed by atoms with Crippen molar-refractivity contribution in [1.82, 2.24) is 0 Å². The summed E-state index contributed by atoms with van der Waals surface area (Å²) in [6, 6.07) is 9.91. The molecule has 0 radical (unpaired) electrons. The number of nitrogens with two attached hydrogens (primary N) is 1. The largest absolute Gasteiger partial charge is 0.399 e. The Morgan fingerprint density at radius 1 is 1.30 bits per heavy atom. The van der Waals surface area contributed by atoms with Crippen molar-refractivity contribution >= 4 is 28.9 Å². The van der Waals surface area contributed by atoms with Crippen LogP contribution in [0.15, 0.2) is 36.4 Å². The van der Waals surface area contributed by atoms with Gasteiger partial charge in [0, 0.05) is 5.69 Å². The molecule has 0 saturated heterocycles. The smallest absolute Gasteiger partial charge is 0.257 e. The Bertz CT molecular complexity index is 725. The minimum Gasteiger partial charge on any atom is -0.399 e. The third kappa shape index (κ3) is 2.87. The van der Waals surface area contributed by atoms with E-state index in [1.807, 2.05) is 6.07 Å². The lowest BCUT2D eigenvalue weighted by atomic mass is 10.1. The second kappa shape index (κ2) is 5.59. The molecule has 0 bridgehead atoms. The number of benzene rings is 2. The molecule has 0 spiro atoms. The number of nitrogens with zero attached hydrogens (tertiary/aromatic N) is 1. The molecule has 0 aliphatic carbocycles. The highest BCUT2D eigenvalue weighted by atomic mass is 35.5. The molecule has 4 nitrogen and oxygen atoms in total. The van der Waals surface area contributed by atoms with Crippen molar-refractivity contribution in [3.8, 4) is 6.07 Å².